The monoisotopic (exact) mass is 319 g/mol. The van der Waals surface area contributed by atoms with Crippen LogP contribution in [0, 0.1) is 6.92 Å². The molecule has 1 N–H and O–H groups in total. The number of hydrogen-bond donors (Lipinski definition) is 1. The summed E-state index contributed by atoms with van der Waals surface area (Å²) in [5.41, 5.74) is 5.32. The lowest BCUT2D eigenvalue weighted by Crippen LogP contribution is -2.57. The lowest BCUT2D eigenvalue weighted by Gasteiger charge is -2.44. The number of H-pyrrole nitrogens is 1. The van der Waals surface area contributed by atoms with Crippen LogP contribution in [-0.2, 0) is 13.1 Å². The second-order valence-electron chi connectivity index (χ2n) is 7.08. The summed E-state index contributed by atoms with van der Waals surface area (Å²) in [6.45, 7) is 6.53. The second kappa shape index (κ2) is 6.42. The summed E-state index contributed by atoms with van der Waals surface area (Å²) < 4.78 is 0. The Morgan fingerprint density at radius 2 is 1.88 bits per heavy atom. The van der Waals surface area contributed by atoms with Gasteiger partial charge in [0.25, 0.3) is 0 Å². The number of nitrogens with one attached hydrogen (secondary N) is 1. The van der Waals surface area contributed by atoms with Gasteiger partial charge in [-0.05, 0) is 37.2 Å². The predicted molar refractivity (Wildman–Crippen MR) is 100 cm³/mol. The number of hydrogen-bond acceptors (Lipinski definition) is 2. The number of likely N-dealkylation sites (tertiary alicyclic amines) is 1. The van der Waals surface area contributed by atoms with Crippen LogP contribution < -0.4 is 0 Å². The Morgan fingerprint density at radius 3 is 2.62 bits per heavy atom. The molecule has 124 valence electrons. The Morgan fingerprint density at radius 1 is 1.08 bits per heavy atom. The van der Waals surface area contributed by atoms with Crippen molar-refractivity contribution in [1.29, 1.82) is 0 Å². The van der Waals surface area contributed by atoms with Gasteiger partial charge in [-0.3, -0.25) is 9.80 Å². The molecule has 1 aromatic heterocycles. The van der Waals surface area contributed by atoms with Gasteiger partial charge in [-0.2, -0.15) is 0 Å². The zero-order valence-electron chi connectivity index (χ0n) is 14.5. The molecule has 0 saturated carbocycles. The van der Waals surface area contributed by atoms with Crippen LogP contribution in [0.15, 0.2) is 54.6 Å². The topological polar surface area (TPSA) is 22.3 Å². The van der Waals surface area contributed by atoms with Crippen LogP contribution in [0.1, 0.15) is 16.8 Å². The zero-order chi connectivity index (χ0) is 16.5. The molecule has 2 heterocycles. The minimum absolute atomic E-state index is 0.663. The van der Waals surface area contributed by atoms with E-state index in [1.807, 2.05) is 0 Å². The maximum atomic E-state index is 3.56. The number of rotatable bonds is 5. The first-order chi connectivity index (χ1) is 11.7. The largest absolute Gasteiger partial charge is 0.357 e. The highest BCUT2D eigenvalue weighted by molar-refractivity contribution is 5.83. The highest BCUT2D eigenvalue weighted by Gasteiger charge is 2.29. The fourth-order valence-electron chi connectivity index (χ4n) is 3.64. The molecule has 1 aliphatic rings. The molecule has 0 bridgehead atoms. The predicted octanol–water partition coefficient (Wildman–Crippen LogP) is 3.79. The summed E-state index contributed by atoms with van der Waals surface area (Å²) in [4.78, 5) is 8.56. The van der Waals surface area contributed by atoms with E-state index in [-0.39, 0.29) is 0 Å². The minimum Gasteiger partial charge on any atom is -0.357 e. The van der Waals surface area contributed by atoms with Gasteiger partial charge < -0.3 is 4.98 Å². The molecule has 24 heavy (non-hydrogen) atoms. The average Bonchev–Trinajstić information content (AvgIpc) is 2.95. The van der Waals surface area contributed by atoms with E-state index in [0.29, 0.717) is 6.04 Å². The van der Waals surface area contributed by atoms with Gasteiger partial charge in [0.15, 0.2) is 0 Å². The van der Waals surface area contributed by atoms with E-state index in [0.717, 1.165) is 26.2 Å². The van der Waals surface area contributed by atoms with Crippen molar-refractivity contribution in [2.24, 2.45) is 0 Å². The lowest BCUT2D eigenvalue weighted by molar-refractivity contribution is 0.0387. The third-order valence-electron chi connectivity index (χ3n) is 5.17. The normalized spacial score (nSPS) is 16.0. The molecule has 0 atom stereocenters. The Labute approximate surface area is 143 Å². The second-order valence-corrected chi connectivity index (χ2v) is 7.08. The number of aromatic nitrogens is 1. The highest BCUT2D eigenvalue weighted by Crippen LogP contribution is 2.23. The Bertz CT molecular complexity index is 815. The smallest absolute Gasteiger partial charge is 0.0459 e. The molecule has 3 nitrogen and oxygen atoms in total. The maximum absolute atomic E-state index is 3.56. The van der Waals surface area contributed by atoms with Crippen molar-refractivity contribution in [3.8, 4) is 0 Å². The summed E-state index contributed by atoms with van der Waals surface area (Å²) in [5.74, 6) is 0. The number of benzene rings is 2. The van der Waals surface area contributed by atoms with Gasteiger partial charge in [-0.25, -0.2) is 0 Å². The van der Waals surface area contributed by atoms with Crippen LogP contribution in [0.4, 0.5) is 0 Å². The van der Waals surface area contributed by atoms with E-state index in [1.54, 1.807) is 0 Å². The lowest BCUT2D eigenvalue weighted by atomic mass is 10.1. The van der Waals surface area contributed by atoms with Crippen LogP contribution in [0.3, 0.4) is 0 Å². The summed E-state index contributed by atoms with van der Waals surface area (Å²) in [7, 11) is 2.24. The Hall–Kier alpha value is -2.10. The van der Waals surface area contributed by atoms with Crippen molar-refractivity contribution in [1.82, 2.24) is 14.8 Å². The third kappa shape index (κ3) is 3.10. The molecule has 0 amide bonds. The van der Waals surface area contributed by atoms with Crippen molar-refractivity contribution in [3.63, 3.8) is 0 Å². The number of aryl methyl sites for hydroxylation is 1. The number of aromatic amines is 1. The molecule has 1 saturated heterocycles. The molecule has 0 aliphatic carbocycles. The molecular weight excluding hydrogens is 294 g/mol. The number of nitrogens with zero attached hydrogens (tertiary/aromatic N) is 2. The molecule has 3 heteroatoms. The van der Waals surface area contributed by atoms with Crippen molar-refractivity contribution in [2.75, 3.05) is 20.1 Å². The molecule has 3 aromatic rings. The van der Waals surface area contributed by atoms with Gasteiger partial charge in [-0.15, -0.1) is 0 Å². The van der Waals surface area contributed by atoms with E-state index < -0.39 is 0 Å². The molecule has 0 radical (unpaired) electrons. The first kappa shape index (κ1) is 15.4. The molecule has 0 spiro atoms. The summed E-state index contributed by atoms with van der Waals surface area (Å²) in [6, 6.07) is 20.2. The highest BCUT2D eigenvalue weighted by atomic mass is 15.3. The van der Waals surface area contributed by atoms with Crippen LogP contribution in [0.5, 0.6) is 0 Å². The summed E-state index contributed by atoms with van der Waals surface area (Å²) in [6.07, 6.45) is 0. The fraction of sp³-hybridized carbons (Fsp3) is 0.333. The van der Waals surface area contributed by atoms with Crippen LogP contribution in [0.2, 0.25) is 0 Å². The molecule has 0 unspecified atom stereocenters. The van der Waals surface area contributed by atoms with Crippen LogP contribution in [0.25, 0.3) is 10.9 Å². The van der Waals surface area contributed by atoms with Gasteiger partial charge >= 0.3 is 0 Å². The third-order valence-corrected chi connectivity index (χ3v) is 5.17. The molecule has 1 aliphatic heterocycles. The van der Waals surface area contributed by atoms with Crippen molar-refractivity contribution < 1.29 is 0 Å². The van der Waals surface area contributed by atoms with Crippen molar-refractivity contribution in [2.45, 2.75) is 26.1 Å². The minimum atomic E-state index is 0.663. The first-order valence-electron chi connectivity index (χ1n) is 8.73. The van der Waals surface area contributed by atoms with E-state index in [2.05, 4.69) is 83.4 Å². The molecular formula is C21H25N3. The van der Waals surface area contributed by atoms with Gasteiger partial charge in [0.2, 0.25) is 0 Å². The molecule has 4 rings (SSSR count). The van der Waals surface area contributed by atoms with Gasteiger partial charge in [0.05, 0.1) is 0 Å². The van der Waals surface area contributed by atoms with E-state index >= 15 is 0 Å². The van der Waals surface area contributed by atoms with E-state index in [4.69, 9.17) is 0 Å². The van der Waals surface area contributed by atoms with Crippen LogP contribution in [-0.4, -0.2) is 41.0 Å². The SMILES string of the molecule is Cc1cccc2[nH]c(CN3CC(N(C)Cc4ccccc4)C3)cc12. The van der Waals surface area contributed by atoms with Gasteiger partial charge in [-0.1, -0.05) is 42.5 Å². The average molecular weight is 319 g/mol. The van der Waals surface area contributed by atoms with Crippen molar-refractivity contribution >= 4 is 10.9 Å². The van der Waals surface area contributed by atoms with Gasteiger partial charge in [0, 0.05) is 48.8 Å². The molecule has 1 fully saturated rings. The Kier molecular flexibility index (Phi) is 4.13. The van der Waals surface area contributed by atoms with Crippen molar-refractivity contribution in [3.05, 3.63) is 71.4 Å². The van der Waals surface area contributed by atoms with Crippen LogP contribution >= 0.6 is 0 Å². The maximum Gasteiger partial charge on any atom is 0.0459 e. The summed E-state index contributed by atoms with van der Waals surface area (Å²) in [5, 5.41) is 1.35. The number of fused-ring (bicyclic) bond motifs is 1. The first-order valence-corrected chi connectivity index (χ1v) is 8.73. The van der Waals surface area contributed by atoms with Gasteiger partial charge in [0.1, 0.15) is 0 Å². The standard InChI is InChI=1S/C21H25N3/c1-16-7-6-10-21-20(16)11-18(22-21)13-24-14-19(15-24)23(2)12-17-8-4-3-5-9-17/h3-11,19,22H,12-15H2,1-2H3. The zero-order valence-corrected chi connectivity index (χ0v) is 14.5. The number of likely N-dealkylation sites (N-methyl/N-ethyl adjacent to an activating group) is 1. The fourth-order valence-corrected chi connectivity index (χ4v) is 3.64. The molecule has 2 aromatic carbocycles. The Balaban J connectivity index is 1.33. The quantitative estimate of drug-likeness (QED) is 0.773. The van der Waals surface area contributed by atoms with E-state index in [1.165, 1.54) is 27.7 Å². The van der Waals surface area contributed by atoms with E-state index in [9.17, 15) is 0 Å². The summed E-state index contributed by atoms with van der Waals surface area (Å²) >= 11 is 0.